The average Bonchev–Trinajstić information content (AvgIpc) is 2.66. The second-order valence-corrected chi connectivity index (χ2v) is 7.84. The molecule has 0 spiro atoms. The zero-order valence-corrected chi connectivity index (χ0v) is 18.3. The minimum absolute atomic E-state index is 0.133. The van der Waals surface area contributed by atoms with Gasteiger partial charge in [-0.15, -0.1) is 17.9 Å². The van der Waals surface area contributed by atoms with Crippen LogP contribution in [0.1, 0.15) is 20.8 Å². The smallest absolute Gasteiger partial charge is 0.410 e. The van der Waals surface area contributed by atoms with Crippen molar-refractivity contribution in [1.29, 1.82) is 0 Å². The summed E-state index contributed by atoms with van der Waals surface area (Å²) in [4.78, 5) is 36.4. The van der Waals surface area contributed by atoms with Crippen LogP contribution < -0.4 is 14.6 Å². The fourth-order valence-corrected chi connectivity index (χ4v) is 2.66. The Hall–Kier alpha value is -3.24. The molecule has 2 heterocycles. The summed E-state index contributed by atoms with van der Waals surface area (Å²) < 4.78 is 5.44. The molecule has 0 aromatic carbocycles. The van der Waals surface area contributed by atoms with Crippen LogP contribution in [0, 0.1) is 24.7 Å². The van der Waals surface area contributed by atoms with Crippen molar-refractivity contribution in [3.05, 3.63) is 0 Å². The molecule has 1 fully saturated rings. The van der Waals surface area contributed by atoms with Gasteiger partial charge in [-0.25, -0.2) is 4.79 Å². The lowest BCUT2D eigenvalue weighted by Gasteiger charge is -2.35. The fourth-order valence-electron chi connectivity index (χ4n) is 2.66. The van der Waals surface area contributed by atoms with E-state index in [1.165, 1.54) is 5.06 Å². The van der Waals surface area contributed by atoms with Gasteiger partial charge in [0.05, 0.1) is 13.1 Å². The Labute approximate surface area is 178 Å². The molecule has 0 saturated carbocycles. The third-order valence-electron chi connectivity index (χ3n) is 3.92. The number of hydrogen-bond acceptors (Lipinski definition) is 9. The summed E-state index contributed by atoms with van der Waals surface area (Å²) in [5.41, 5.74) is -0.534. The predicted molar refractivity (Wildman–Crippen MR) is 114 cm³/mol. The maximum absolute atomic E-state index is 12.3. The molecule has 2 rings (SSSR count). The highest BCUT2D eigenvalue weighted by atomic mass is 16.7. The molecule has 162 valence electrons. The van der Waals surface area contributed by atoms with Crippen LogP contribution >= 0.6 is 0 Å². The Bertz CT molecular complexity index is 799. The molecule has 30 heavy (non-hydrogen) atoms. The number of hydroxylamine groups is 2. The third-order valence-corrected chi connectivity index (χ3v) is 3.92. The van der Waals surface area contributed by atoms with E-state index in [1.54, 1.807) is 23.9 Å². The summed E-state index contributed by atoms with van der Waals surface area (Å²) in [5, 5.41) is 1.48. The van der Waals surface area contributed by atoms with Crippen molar-refractivity contribution < 1.29 is 14.4 Å². The first-order chi connectivity index (χ1) is 14.1. The average molecular weight is 415 g/mol. The lowest BCUT2D eigenvalue weighted by atomic mass is 10.2. The Balaban J connectivity index is 2.20. The number of carbonyl (C=O) groups excluding carboxylic acids is 1. The SMILES string of the molecule is C#CCN(CC#C)c1nc(ON(C)C)nc(N2CCN(C(=O)OC(C)(C)C)CC2)n1. The highest BCUT2D eigenvalue weighted by Gasteiger charge is 2.27. The van der Waals surface area contributed by atoms with Crippen molar-refractivity contribution in [2.24, 2.45) is 0 Å². The van der Waals surface area contributed by atoms with Gasteiger partial charge in [0.25, 0.3) is 0 Å². The van der Waals surface area contributed by atoms with Crippen molar-refractivity contribution in [3.63, 3.8) is 0 Å². The van der Waals surface area contributed by atoms with Gasteiger partial charge in [0.15, 0.2) is 0 Å². The van der Waals surface area contributed by atoms with Gasteiger partial charge >= 0.3 is 12.1 Å². The fraction of sp³-hybridized carbons (Fsp3) is 0.600. The summed E-state index contributed by atoms with van der Waals surface area (Å²) in [5.74, 6) is 5.87. The summed E-state index contributed by atoms with van der Waals surface area (Å²) in [6.45, 7) is 8.08. The molecule has 0 N–H and O–H groups in total. The zero-order valence-electron chi connectivity index (χ0n) is 18.3. The standard InChI is InChI=1S/C20H29N7O3/c1-8-10-25(11-9-2)16-21-17(23-18(22-16)30-24(6)7)26-12-14-27(15-13-26)19(28)29-20(3,4)5/h1-2H,10-15H2,3-7H3. The molecule has 1 aromatic heterocycles. The molecular weight excluding hydrogens is 386 g/mol. The van der Waals surface area contributed by atoms with Crippen LogP contribution in [0.4, 0.5) is 16.7 Å². The summed E-state index contributed by atoms with van der Waals surface area (Å²) in [7, 11) is 3.45. The number of aromatic nitrogens is 3. The Kier molecular flexibility index (Phi) is 7.67. The van der Waals surface area contributed by atoms with Gasteiger partial charge in [0, 0.05) is 40.3 Å². The molecule has 1 aliphatic heterocycles. The molecule has 0 aliphatic carbocycles. The molecule has 1 aliphatic rings. The number of ether oxygens (including phenoxy) is 1. The normalized spacial score (nSPS) is 14.1. The molecule has 0 unspecified atom stereocenters. The van der Waals surface area contributed by atoms with Gasteiger partial charge in [-0.2, -0.15) is 15.0 Å². The molecule has 0 atom stereocenters. The van der Waals surface area contributed by atoms with Crippen LogP contribution in [0.2, 0.25) is 0 Å². The number of rotatable bonds is 6. The van der Waals surface area contributed by atoms with Gasteiger partial charge in [-0.3, -0.25) is 0 Å². The van der Waals surface area contributed by atoms with E-state index in [9.17, 15) is 4.79 Å². The predicted octanol–water partition coefficient (Wildman–Crippen LogP) is 0.857. The number of piperazine rings is 1. The number of amides is 1. The van der Waals surface area contributed by atoms with Gasteiger partial charge in [-0.1, -0.05) is 11.8 Å². The van der Waals surface area contributed by atoms with E-state index in [1.807, 2.05) is 25.7 Å². The Morgan fingerprint density at radius 2 is 1.67 bits per heavy atom. The maximum atomic E-state index is 12.3. The number of nitrogens with zero attached hydrogens (tertiary/aromatic N) is 7. The van der Waals surface area contributed by atoms with Gasteiger partial charge in [0.1, 0.15) is 5.60 Å². The molecule has 0 radical (unpaired) electrons. The van der Waals surface area contributed by atoms with E-state index in [0.717, 1.165) is 0 Å². The van der Waals surface area contributed by atoms with E-state index in [-0.39, 0.29) is 25.2 Å². The van der Waals surface area contributed by atoms with Gasteiger partial charge in [-0.05, 0) is 20.8 Å². The van der Waals surface area contributed by atoms with Crippen molar-refractivity contribution in [1.82, 2.24) is 24.9 Å². The van der Waals surface area contributed by atoms with Gasteiger partial charge in [0.2, 0.25) is 11.9 Å². The van der Waals surface area contributed by atoms with E-state index in [0.29, 0.717) is 38.1 Å². The first kappa shape index (κ1) is 23.0. The van der Waals surface area contributed by atoms with Crippen molar-refractivity contribution in [2.45, 2.75) is 26.4 Å². The molecule has 1 amide bonds. The lowest BCUT2D eigenvalue weighted by molar-refractivity contribution is -0.0138. The molecule has 0 bridgehead atoms. The highest BCUT2D eigenvalue weighted by molar-refractivity contribution is 5.68. The monoisotopic (exact) mass is 415 g/mol. The van der Waals surface area contributed by atoms with Crippen LogP contribution in [-0.2, 0) is 4.74 Å². The van der Waals surface area contributed by atoms with Crippen LogP contribution in [0.5, 0.6) is 6.01 Å². The van der Waals surface area contributed by atoms with Crippen molar-refractivity contribution in [3.8, 4) is 30.7 Å². The van der Waals surface area contributed by atoms with E-state index < -0.39 is 5.60 Å². The molecule has 10 nitrogen and oxygen atoms in total. The zero-order chi connectivity index (χ0) is 22.3. The maximum Gasteiger partial charge on any atom is 0.410 e. The second-order valence-electron chi connectivity index (χ2n) is 7.84. The van der Waals surface area contributed by atoms with E-state index >= 15 is 0 Å². The number of hydrogen-bond donors (Lipinski definition) is 0. The third kappa shape index (κ3) is 6.68. The molecule has 1 saturated heterocycles. The topological polar surface area (TPSA) is 87.2 Å². The second kappa shape index (κ2) is 9.99. The molecule has 1 aromatic rings. The van der Waals surface area contributed by atoms with Crippen LogP contribution in [0.3, 0.4) is 0 Å². The first-order valence-corrected chi connectivity index (χ1v) is 9.59. The number of terminal acetylenes is 2. The Morgan fingerprint density at radius 3 is 2.17 bits per heavy atom. The van der Waals surface area contributed by atoms with Crippen LogP contribution in [0.15, 0.2) is 0 Å². The van der Waals surface area contributed by atoms with Gasteiger partial charge < -0.3 is 24.3 Å². The number of anilines is 2. The van der Waals surface area contributed by atoms with E-state index in [4.69, 9.17) is 22.4 Å². The van der Waals surface area contributed by atoms with Crippen molar-refractivity contribution >= 4 is 18.0 Å². The summed E-state index contributed by atoms with van der Waals surface area (Å²) >= 11 is 0. The Morgan fingerprint density at radius 1 is 1.07 bits per heavy atom. The minimum atomic E-state index is -0.534. The van der Waals surface area contributed by atoms with Crippen LogP contribution in [-0.4, -0.2) is 90.0 Å². The van der Waals surface area contributed by atoms with Crippen LogP contribution in [0.25, 0.3) is 0 Å². The quantitative estimate of drug-likeness (QED) is 0.496. The largest absolute Gasteiger partial charge is 0.444 e. The van der Waals surface area contributed by atoms with E-state index in [2.05, 4.69) is 26.8 Å². The number of carbonyl (C=O) groups is 1. The molecule has 10 heteroatoms. The highest BCUT2D eigenvalue weighted by Crippen LogP contribution is 2.20. The lowest BCUT2D eigenvalue weighted by Crippen LogP contribution is -2.50. The summed E-state index contributed by atoms with van der Waals surface area (Å²) in [6.07, 6.45) is 10.6. The minimum Gasteiger partial charge on any atom is -0.444 e. The van der Waals surface area contributed by atoms with Crippen molar-refractivity contribution in [2.75, 3.05) is 63.2 Å². The summed E-state index contributed by atoms with van der Waals surface area (Å²) in [6, 6.07) is 0.133. The first-order valence-electron chi connectivity index (χ1n) is 9.59. The molecular formula is C20H29N7O3.